The number of ether oxygens (including phenoxy) is 1. The molecule has 0 amide bonds. The van der Waals surface area contributed by atoms with Crippen LogP contribution in [0.15, 0.2) is 24.3 Å². The minimum absolute atomic E-state index is 0.00282. The highest BCUT2D eigenvalue weighted by Gasteiger charge is 2.23. The highest BCUT2D eigenvalue weighted by molar-refractivity contribution is 5.87. The van der Waals surface area contributed by atoms with E-state index in [1.54, 1.807) is 0 Å². The predicted molar refractivity (Wildman–Crippen MR) is 50.3 cm³/mol. The summed E-state index contributed by atoms with van der Waals surface area (Å²) in [7, 11) is 0. The van der Waals surface area contributed by atoms with Gasteiger partial charge in [0.2, 0.25) is 0 Å². The highest BCUT2D eigenvalue weighted by atomic mass is 16.7. The van der Waals surface area contributed by atoms with Crippen molar-refractivity contribution in [2.45, 2.75) is 6.23 Å². The molecular formula is C9H7NO6. The molecule has 0 aliphatic carbocycles. The van der Waals surface area contributed by atoms with Crippen molar-refractivity contribution >= 4 is 12.4 Å². The van der Waals surface area contributed by atoms with Crippen LogP contribution in [-0.2, 0) is 9.53 Å². The molecule has 1 N–H and O–H groups in total. The van der Waals surface area contributed by atoms with Gasteiger partial charge in [-0.1, -0.05) is 0 Å². The number of carbonyl (C=O) groups is 2. The maximum atomic E-state index is 10.5. The molecule has 0 radical (unpaired) electrons. The average molecular weight is 225 g/mol. The second-order valence-corrected chi connectivity index (χ2v) is 2.80. The van der Waals surface area contributed by atoms with Gasteiger partial charge in [0, 0.05) is 0 Å². The Hall–Kier alpha value is -2.44. The molecule has 0 saturated heterocycles. The van der Waals surface area contributed by atoms with Crippen molar-refractivity contribution in [3.05, 3.63) is 45.5 Å². The quantitative estimate of drug-likeness (QED) is 0.344. The van der Waals surface area contributed by atoms with Gasteiger partial charge in [-0.05, 0) is 24.3 Å². The molecule has 84 valence electrons. The van der Waals surface area contributed by atoms with Crippen molar-refractivity contribution in [1.29, 1.82) is 0 Å². The number of hydrogen-bond acceptors (Lipinski definition) is 5. The van der Waals surface area contributed by atoms with E-state index in [0.717, 1.165) is 0 Å². The fourth-order valence-corrected chi connectivity index (χ4v) is 1.09. The van der Waals surface area contributed by atoms with Crippen LogP contribution < -0.4 is 0 Å². The Labute approximate surface area is 89.4 Å². The topological polar surface area (TPSA) is 107 Å². The van der Waals surface area contributed by atoms with E-state index in [0.29, 0.717) is 0 Å². The monoisotopic (exact) mass is 225 g/mol. The molecule has 0 saturated carbocycles. The Morgan fingerprint density at radius 3 is 2.38 bits per heavy atom. The Morgan fingerprint density at radius 2 is 2.00 bits per heavy atom. The normalized spacial score (nSPS) is 11.5. The van der Waals surface area contributed by atoms with Crippen LogP contribution in [0.3, 0.4) is 0 Å². The van der Waals surface area contributed by atoms with Crippen molar-refractivity contribution < 1.29 is 24.4 Å². The van der Waals surface area contributed by atoms with Gasteiger partial charge < -0.3 is 9.84 Å². The fourth-order valence-electron chi connectivity index (χ4n) is 1.09. The molecule has 0 fully saturated rings. The summed E-state index contributed by atoms with van der Waals surface area (Å²) in [5, 5.41) is 19.1. The summed E-state index contributed by atoms with van der Waals surface area (Å²) in [4.78, 5) is 30.3. The lowest BCUT2D eigenvalue weighted by Crippen LogP contribution is -2.13. The van der Waals surface area contributed by atoms with Crippen molar-refractivity contribution in [1.82, 2.24) is 0 Å². The highest BCUT2D eigenvalue weighted by Crippen LogP contribution is 2.17. The van der Waals surface area contributed by atoms with Crippen LogP contribution in [0.25, 0.3) is 0 Å². The van der Waals surface area contributed by atoms with Gasteiger partial charge in [-0.25, -0.2) is 4.79 Å². The summed E-state index contributed by atoms with van der Waals surface area (Å²) in [5.41, 5.74) is 0.0963. The van der Waals surface area contributed by atoms with E-state index in [1.165, 1.54) is 24.3 Å². The number of nitrogens with zero attached hydrogens (tertiary/aromatic N) is 1. The molecule has 0 aromatic heterocycles. The van der Waals surface area contributed by atoms with Crippen molar-refractivity contribution in [3.8, 4) is 0 Å². The number of benzene rings is 1. The van der Waals surface area contributed by atoms with Crippen LogP contribution in [0.2, 0.25) is 0 Å². The maximum absolute atomic E-state index is 10.5. The summed E-state index contributed by atoms with van der Waals surface area (Å²) in [6.07, 6.45) is -1.61. The first-order valence-corrected chi connectivity index (χ1v) is 4.12. The second-order valence-electron chi connectivity index (χ2n) is 2.80. The van der Waals surface area contributed by atoms with E-state index >= 15 is 0 Å². The first kappa shape index (κ1) is 11.6. The van der Waals surface area contributed by atoms with Gasteiger partial charge >= 0.3 is 12.2 Å². The molecule has 1 rings (SSSR count). The van der Waals surface area contributed by atoms with Crippen molar-refractivity contribution in [2.75, 3.05) is 0 Å². The van der Waals surface area contributed by atoms with E-state index in [1.807, 2.05) is 0 Å². The summed E-state index contributed by atoms with van der Waals surface area (Å²) in [6, 6.07) is 4.84. The Balaban J connectivity index is 2.98. The van der Waals surface area contributed by atoms with Crippen LogP contribution in [0, 0.1) is 10.1 Å². The molecular weight excluding hydrogens is 218 g/mol. The Morgan fingerprint density at radius 1 is 1.44 bits per heavy atom. The first-order chi connectivity index (χ1) is 7.56. The smallest absolute Gasteiger partial charge is 0.382 e. The maximum Gasteiger partial charge on any atom is 0.382 e. The number of carbonyl (C=O) groups excluding carboxylic acids is 1. The third kappa shape index (κ3) is 2.53. The van der Waals surface area contributed by atoms with E-state index < -0.39 is 17.1 Å². The van der Waals surface area contributed by atoms with Gasteiger partial charge in [0.1, 0.15) is 0 Å². The third-order valence-corrected chi connectivity index (χ3v) is 1.82. The van der Waals surface area contributed by atoms with Crippen LogP contribution in [0.1, 0.15) is 22.1 Å². The fraction of sp³-hybridized carbons (Fsp3) is 0.111. The molecule has 16 heavy (non-hydrogen) atoms. The first-order valence-electron chi connectivity index (χ1n) is 4.12. The lowest BCUT2D eigenvalue weighted by atomic mass is 10.1. The molecule has 1 unspecified atom stereocenters. The minimum Gasteiger partial charge on any atom is -0.478 e. The van der Waals surface area contributed by atoms with Gasteiger partial charge in [0.25, 0.3) is 6.47 Å². The van der Waals surface area contributed by atoms with Gasteiger partial charge in [0.15, 0.2) is 0 Å². The Kier molecular flexibility index (Phi) is 3.54. The predicted octanol–water partition coefficient (Wildman–Crippen LogP) is 0.833. The largest absolute Gasteiger partial charge is 0.478 e. The lowest BCUT2D eigenvalue weighted by Gasteiger charge is -2.06. The summed E-state index contributed by atoms with van der Waals surface area (Å²) in [5.74, 6) is -1.14. The molecule has 0 aliphatic rings. The minimum atomic E-state index is -1.61. The third-order valence-electron chi connectivity index (χ3n) is 1.82. The van der Waals surface area contributed by atoms with Gasteiger partial charge in [0.05, 0.1) is 16.1 Å². The van der Waals surface area contributed by atoms with Crippen LogP contribution in [0.4, 0.5) is 0 Å². The van der Waals surface area contributed by atoms with Gasteiger partial charge in [-0.3, -0.25) is 14.9 Å². The summed E-state index contributed by atoms with van der Waals surface area (Å²) in [6.45, 7) is -0.0292. The molecule has 0 spiro atoms. The number of nitro groups is 1. The molecule has 1 atom stereocenters. The number of rotatable bonds is 5. The zero-order valence-corrected chi connectivity index (χ0v) is 7.90. The molecule has 0 heterocycles. The number of aromatic carboxylic acids is 1. The summed E-state index contributed by atoms with van der Waals surface area (Å²) >= 11 is 0. The zero-order chi connectivity index (χ0) is 12.1. The van der Waals surface area contributed by atoms with Crippen LogP contribution in [0.5, 0.6) is 0 Å². The Bertz CT molecular complexity index is 413. The molecule has 0 aliphatic heterocycles. The van der Waals surface area contributed by atoms with E-state index in [-0.39, 0.29) is 17.6 Å². The molecule has 7 nitrogen and oxygen atoms in total. The average Bonchev–Trinajstić information content (AvgIpc) is 2.25. The molecule has 1 aromatic rings. The number of carboxylic acids is 1. The second kappa shape index (κ2) is 4.87. The molecule has 7 heteroatoms. The van der Waals surface area contributed by atoms with Crippen molar-refractivity contribution in [2.24, 2.45) is 0 Å². The molecule has 0 bridgehead atoms. The number of carboxylic acid groups (broad SMARTS) is 1. The molecule has 1 aromatic carbocycles. The van der Waals surface area contributed by atoms with Gasteiger partial charge in [-0.15, -0.1) is 0 Å². The van der Waals surface area contributed by atoms with Crippen LogP contribution in [-0.4, -0.2) is 22.5 Å². The van der Waals surface area contributed by atoms with Crippen LogP contribution >= 0.6 is 0 Å². The van der Waals surface area contributed by atoms with E-state index in [9.17, 15) is 19.7 Å². The van der Waals surface area contributed by atoms with Gasteiger partial charge in [-0.2, -0.15) is 0 Å². The van der Waals surface area contributed by atoms with Crippen molar-refractivity contribution in [3.63, 3.8) is 0 Å². The number of hydrogen-bond donors (Lipinski definition) is 1. The summed E-state index contributed by atoms with van der Waals surface area (Å²) < 4.78 is 4.26. The van der Waals surface area contributed by atoms with E-state index in [4.69, 9.17) is 5.11 Å². The standard InChI is InChI=1S/C9H7NO6/c11-5-16-8(10(14)15)6-1-3-7(4-2-6)9(12)13/h1-5,8H,(H,12,13). The zero-order valence-electron chi connectivity index (χ0n) is 7.90. The lowest BCUT2D eigenvalue weighted by molar-refractivity contribution is -0.574. The SMILES string of the molecule is O=COC(c1ccc(C(=O)O)cc1)[N+](=O)[O-]. The van der Waals surface area contributed by atoms with E-state index in [2.05, 4.69) is 4.74 Å².